The quantitative estimate of drug-likeness (QED) is 0.106. The van der Waals surface area contributed by atoms with Gasteiger partial charge in [-0.2, -0.15) is 0 Å². The summed E-state index contributed by atoms with van der Waals surface area (Å²) >= 11 is 4.86. The van der Waals surface area contributed by atoms with Crippen LogP contribution >= 0.6 is 12.6 Å². The zero-order valence-electron chi connectivity index (χ0n) is 31.2. The molecule has 272 valence electrons. The van der Waals surface area contributed by atoms with E-state index in [0.29, 0.717) is 22.3 Å². The molecule has 3 atom stereocenters. The van der Waals surface area contributed by atoms with Gasteiger partial charge in [-0.1, -0.05) is 131 Å². The van der Waals surface area contributed by atoms with E-state index in [4.69, 9.17) is 12.6 Å². The summed E-state index contributed by atoms with van der Waals surface area (Å²) in [6, 6.07) is 18.6. The summed E-state index contributed by atoms with van der Waals surface area (Å²) < 4.78 is 28.0. The van der Waals surface area contributed by atoms with E-state index in [1.54, 1.807) is 24.3 Å². The molecule has 0 aliphatic heterocycles. The highest BCUT2D eigenvalue weighted by atomic mass is 32.1. The second kappa shape index (κ2) is 15.3. The fourth-order valence-corrected chi connectivity index (χ4v) is 7.63. The fraction of sp³-hybridized carbons (Fsp3) is 0.489. The molecule has 0 amide bonds. The maximum absolute atomic E-state index is 14.5. The third kappa shape index (κ3) is 7.46. The van der Waals surface area contributed by atoms with Crippen LogP contribution in [-0.4, -0.2) is 17.1 Å². The molecular formula is C45H60F2O2S. The first-order valence-electron chi connectivity index (χ1n) is 17.9. The highest BCUT2D eigenvalue weighted by Gasteiger charge is 2.46. The third-order valence-electron chi connectivity index (χ3n) is 12.5. The number of halogens is 2. The average Bonchev–Trinajstić information content (AvgIpc) is 3.10. The number of carbonyl (C=O) groups excluding carboxylic acids is 1. The van der Waals surface area contributed by atoms with Crippen LogP contribution in [0.25, 0.3) is 0 Å². The number of aliphatic hydroxyl groups is 1. The molecule has 5 heteroatoms. The van der Waals surface area contributed by atoms with Crippen LogP contribution in [0.1, 0.15) is 153 Å². The molecular weight excluding hydrogens is 643 g/mol. The lowest BCUT2D eigenvalue weighted by Crippen LogP contribution is -2.44. The molecule has 4 rings (SSSR count). The minimum atomic E-state index is -1.69. The van der Waals surface area contributed by atoms with Gasteiger partial charge in [0.05, 0.1) is 0 Å². The predicted molar refractivity (Wildman–Crippen MR) is 211 cm³/mol. The van der Waals surface area contributed by atoms with Crippen molar-refractivity contribution in [1.29, 1.82) is 0 Å². The first kappa shape index (κ1) is 41.4. The Balaban J connectivity index is 0.00000676. The number of carbonyl (C=O) groups is 1. The topological polar surface area (TPSA) is 37.3 Å². The molecule has 0 radical (unpaired) electrons. The summed E-state index contributed by atoms with van der Waals surface area (Å²) in [7, 11) is 0. The van der Waals surface area contributed by atoms with Gasteiger partial charge in [0.2, 0.25) is 0 Å². The Morgan fingerprint density at radius 2 is 1.34 bits per heavy atom. The Bertz CT molecular complexity index is 1730. The van der Waals surface area contributed by atoms with Crippen molar-refractivity contribution >= 4 is 18.4 Å². The molecule has 0 spiro atoms. The van der Waals surface area contributed by atoms with E-state index < -0.39 is 21.9 Å². The number of allylic oxidation sites excluding steroid dienone is 4. The zero-order valence-corrected chi connectivity index (χ0v) is 32.1. The number of thiol groups is 1. The maximum Gasteiger partial charge on any atom is 0.193 e. The maximum atomic E-state index is 14.5. The van der Waals surface area contributed by atoms with Gasteiger partial charge in [-0.05, 0) is 94.0 Å². The first-order chi connectivity index (χ1) is 22.8. The Kier molecular flexibility index (Phi) is 12.7. The Labute approximate surface area is 306 Å². The summed E-state index contributed by atoms with van der Waals surface area (Å²) in [6.45, 7) is 21.8. The number of hydrogen-bond acceptors (Lipinski definition) is 3. The van der Waals surface area contributed by atoms with Crippen LogP contribution in [-0.2, 0) is 26.6 Å². The molecule has 0 aromatic heterocycles. The molecule has 3 aromatic carbocycles. The van der Waals surface area contributed by atoms with Crippen LogP contribution in [0.15, 0.2) is 84.5 Å². The van der Waals surface area contributed by atoms with E-state index in [-0.39, 0.29) is 36.3 Å². The molecule has 1 aliphatic rings. The number of Topliss-reactive ketones (excluding diaryl/α,β-unsaturated/α-hetero) is 1. The molecule has 50 heavy (non-hydrogen) atoms. The monoisotopic (exact) mass is 702 g/mol. The molecule has 0 fully saturated rings. The Morgan fingerprint density at radius 3 is 1.86 bits per heavy atom. The SMILES string of the molecule is C.CCC(C)(C)c1ccc(C(C)(C)C(C)(CC)c2ccc(C(C)(CC)CC)cc2C(=O)C2=CCC(F)C=C2)cc1C(O)(S)c1ccc(F)cc1. The van der Waals surface area contributed by atoms with Crippen LogP contribution in [0.3, 0.4) is 0 Å². The third-order valence-corrected chi connectivity index (χ3v) is 13.0. The summed E-state index contributed by atoms with van der Waals surface area (Å²) in [6.07, 6.45) is 7.36. The predicted octanol–water partition coefficient (Wildman–Crippen LogP) is 12.4. The van der Waals surface area contributed by atoms with Crippen molar-refractivity contribution in [3.8, 4) is 0 Å². The molecule has 1 aliphatic carbocycles. The lowest BCUT2D eigenvalue weighted by Gasteiger charge is -2.47. The summed E-state index contributed by atoms with van der Waals surface area (Å²) in [4.78, 5) is 12.8. The lowest BCUT2D eigenvalue weighted by atomic mass is 9.57. The van der Waals surface area contributed by atoms with E-state index in [2.05, 4.69) is 106 Å². The van der Waals surface area contributed by atoms with Crippen molar-refractivity contribution in [3.05, 3.63) is 129 Å². The highest BCUT2D eigenvalue weighted by molar-refractivity contribution is 7.81. The van der Waals surface area contributed by atoms with Crippen molar-refractivity contribution in [1.82, 2.24) is 0 Å². The van der Waals surface area contributed by atoms with E-state index in [1.807, 2.05) is 0 Å². The Morgan fingerprint density at radius 1 is 0.780 bits per heavy atom. The van der Waals surface area contributed by atoms with E-state index in [1.165, 1.54) is 18.2 Å². The second-order valence-corrected chi connectivity index (χ2v) is 16.3. The van der Waals surface area contributed by atoms with Crippen molar-refractivity contribution in [2.24, 2.45) is 0 Å². The number of benzene rings is 3. The van der Waals surface area contributed by atoms with Crippen LogP contribution in [0.5, 0.6) is 0 Å². The molecule has 0 saturated carbocycles. The van der Waals surface area contributed by atoms with Gasteiger partial charge in [0.25, 0.3) is 0 Å². The van der Waals surface area contributed by atoms with Crippen molar-refractivity contribution in [2.45, 2.75) is 142 Å². The summed E-state index contributed by atoms with van der Waals surface area (Å²) in [5.41, 5.74) is 4.87. The molecule has 0 bridgehead atoms. The molecule has 0 saturated heterocycles. The van der Waals surface area contributed by atoms with Crippen molar-refractivity contribution in [3.63, 3.8) is 0 Å². The van der Waals surface area contributed by atoms with Gasteiger partial charge in [-0.25, -0.2) is 8.78 Å². The van der Waals surface area contributed by atoms with Gasteiger partial charge in [-0.3, -0.25) is 4.79 Å². The van der Waals surface area contributed by atoms with Gasteiger partial charge in [0.15, 0.2) is 10.7 Å². The van der Waals surface area contributed by atoms with Crippen LogP contribution in [0, 0.1) is 5.82 Å². The Hall–Kier alpha value is -3.02. The molecule has 3 aromatic rings. The molecule has 0 heterocycles. The second-order valence-electron chi connectivity index (χ2n) is 15.6. The largest absolute Gasteiger partial charge is 0.371 e. The van der Waals surface area contributed by atoms with Crippen LogP contribution < -0.4 is 0 Å². The first-order valence-corrected chi connectivity index (χ1v) is 18.4. The fourth-order valence-electron chi connectivity index (χ4n) is 7.29. The van der Waals surface area contributed by atoms with E-state index >= 15 is 0 Å². The van der Waals surface area contributed by atoms with Crippen LogP contribution in [0.2, 0.25) is 0 Å². The van der Waals surface area contributed by atoms with E-state index in [0.717, 1.165) is 47.9 Å². The van der Waals surface area contributed by atoms with Crippen molar-refractivity contribution < 1.29 is 18.7 Å². The lowest BCUT2D eigenvalue weighted by molar-refractivity contribution is 0.103. The number of rotatable bonds is 13. The smallest absolute Gasteiger partial charge is 0.193 e. The summed E-state index contributed by atoms with van der Waals surface area (Å²) in [5.74, 6) is -0.471. The summed E-state index contributed by atoms with van der Waals surface area (Å²) in [5, 5.41) is 12.1. The minimum Gasteiger partial charge on any atom is -0.371 e. The average molecular weight is 703 g/mol. The molecule has 2 nitrogen and oxygen atoms in total. The number of hydrogen-bond donors (Lipinski definition) is 2. The number of ketones is 1. The van der Waals surface area contributed by atoms with Gasteiger partial charge in [-0.15, -0.1) is 12.6 Å². The zero-order chi connectivity index (χ0) is 36.6. The normalized spacial score (nSPS) is 17.7. The van der Waals surface area contributed by atoms with Gasteiger partial charge >= 0.3 is 0 Å². The minimum absolute atomic E-state index is 0. The number of alkyl halides is 1. The molecule has 1 N–H and O–H groups in total. The van der Waals surface area contributed by atoms with Gasteiger partial charge in [0.1, 0.15) is 12.0 Å². The van der Waals surface area contributed by atoms with Gasteiger partial charge in [0, 0.05) is 28.5 Å². The standard InChI is InChI=1S/C44H56F2O2S.CH4/c1-11-40(5,6)37-26-19-31(28-38(37)44(48,49)30-17-23-34(46)24-18-30)41(7,8)43(10,14-4)36-25-20-32(42(9,12-2)13-3)27-35(36)39(47)29-15-21-33(45)22-16-29;/h15-21,23-28,33,48-49H,11-14,22H2,1-10H3;1H4. The molecule has 3 unspecified atom stereocenters. The highest BCUT2D eigenvalue weighted by Crippen LogP contribution is 2.51. The van der Waals surface area contributed by atoms with Gasteiger partial charge < -0.3 is 5.11 Å². The van der Waals surface area contributed by atoms with E-state index in [9.17, 15) is 18.7 Å². The van der Waals surface area contributed by atoms with Crippen LogP contribution in [0.4, 0.5) is 8.78 Å². The van der Waals surface area contributed by atoms with Crippen molar-refractivity contribution in [2.75, 3.05) is 0 Å².